The lowest BCUT2D eigenvalue weighted by Crippen LogP contribution is -2.32. The Labute approximate surface area is 189 Å². The first kappa shape index (κ1) is 20.9. The van der Waals surface area contributed by atoms with Gasteiger partial charge in [-0.2, -0.15) is 0 Å². The van der Waals surface area contributed by atoms with Crippen LogP contribution in [0.1, 0.15) is 53.1 Å². The summed E-state index contributed by atoms with van der Waals surface area (Å²) in [5.74, 6) is 0.778. The molecule has 1 fully saturated rings. The molecule has 168 valence electrons. The first-order valence-corrected chi connectivity index (χ1v) is 11.0. The third kappa shape index (κ3) is 3.97. The van der Waals surface area contributed by atoms with Crippen molar-refractivity contribution in [3.63, 3.8) is 0 Å². The Bertz CT molecular complexity index is 1480. The molecule has 1 aliphatic carbocycles. The lowest BCUT2D eigenvalue weighted by Gasteiger charge is -2.13. The summed E-state index contributed by atoms with van der Waals surface area (Å²) in [6.45, 7) is 4.77. The summed E-state index contributed by atoms with van der Waals surface area (Å²) >= 11 is 0. The standard InChI is InChI=1S/C24H24N6O3/c1-3-30-21-20(23(32)28-24(30)33)18(12-19(27-21)16-6-7-16)22(31)26-17-8-4-15(5-9-17)13-29-11-10-25-14(29)2/h4-5,8-12,16H,3,6-7,13H2,1-2H3,(H,26,31)(H,28,32,33). The van der Waals surface area contributed by atoms with Crippen LogP contribution in [0.4, 0.5) is 5.69 Å². The molecule has 9 nitrogen and oxygen atoms in total. The Morgan fingerprint density at radius 2 is 1.97 bits per heavy atom. The van der Waals surface area contributed by atoms with Crippen molar-refractivity contribution >= 4 is 22.6 Å². The number of anilines is 1. The molecule has 1 aromatic carbocycles. The van der Waals surface area contributed by atoms with E-state index in [0.717, 1.165) is 29.9 Å². The summed E-state index contributed by atoms with van der Waals surface area (Å²) in [7, 11) is 0. The Balaban J connectivity index is 1.49. The number of fused-ring (bicyclic) bond motifs is 1. The average Bonchev–Trinajstić information content (AvgIpc) is 3.57. The number of aromatic nitrogens is 5. The van der Waals surface area contributed by atoms with Gasteiger partial charge in [0.15, 0.2) is 5.65 Å². The number of carbonyl (C=O) groups is 1. The van der Waals surface area contributed by atoms with Gasteiger partial charge in [-0.05, 0) is 50.5 Å². The number of aromatic amines is 1. The van der Waals surface area contributed by atoms with Crippen molar-refractivity contribution in [1.29, 1.82) is 0 Å². The third-order valence-corrected chi connectivity index (χ3v) is 6.01. The van der Waals surface area contributed by atoms with Crippen molar-refractivity contribution < 1.29 is 4.79 Å². The lowest BCUT2D eigenvalue weighted by atomic mass is 10.1. The Hall–Kier alpha value is -4.01. The zero-order chi connectivity index (χ0) is 23.1. The van der Waals surface area contributed by atoms with Crippen LogP contribution in [0.5, 0.6) is 0 Å². The summed E-state index contributed by atoms with van der Waals surface area (Å²) in [4.78, 5) is 49.3. The third-order valence-electron chi connectivity index (χ3n) is 6.01. The van der Waals surface area contributed by atoms with E-state index in [2.05, 4.69) is 20.3 Å². The predicted molar refractivity (Wildman–Crippen MR) is 125 cm³/mol. The minimum Gasteiger partial charge on any atom is -0.331 e. The maximum absolute atomic E-state index is 13.3. The van der Waals surface area contributed by atoms with Gasteiger partial charge >= 0.3 is 5.69 Å². The van der Waals surface area contributed by atoms with E-state index in [-0.39, 0.29) is 22.5 Å². The number of H-pyrrole nitrogens is 1. The zero-order valence-electron chi connectivity index (χ0n) is 18.5. The van der Waals surface area contributed by atoms with Crippen molar-refractivity contribution in [2.45, 2.75) is 45.7 Å². The van der Waals surface area contributed by atoms with E-state index < -0.39 is 17.2 Å². The van der Waals surface area contributed by atoms with Gasteiger partial charge in [-0.25, -0.2) is 14.8 Å². The SMILES string of the molecule is CCn1c(=O)[nH]c(=O)c2c(C(=O)Nc3ccc(Cn4ccnc4C)cc3)cc(C3CC3)nc21. The molecule has 0 spiro atoms. The van der Waals surface area contributed by atoms with Crippen molar-refractivity contribution in [3.05, 3.63) is 86.2 Å². The molecule has 0 atom stereocenters. The maximum Gasteiger partial charge on any atom is 0.329 e. The molecule has 0 bridgehead atoms. The molecule has 0 aliphatic heterocycles. The van der Waals surface area contributed by atoms with Gasteiger partial charge < -0.3 is 9.88 Å². The van der Waals surface area contributed by atoms with E-state index in [1.54, 1.807) is 19.2 Å². The number of hydrogen-bond donors (Lipinski definition) is 2. The fourth-order valence-electron chi connectivity index (χ4n) is 4.01. The zero-order valence-corrected chi connectivity index (χ0v) is 18.5. The Morgan fingerprint density at radius 1 is 1.21 bits per heavy atom. The molecule has 3 heterocycles. The molecule has 3 aromatic heterocycles. The largest absolute Gasteiger partial charge is 0.331 e. The van der Waals surface area contributed by atoms with Crippen molar-refractivity contribution in [2.24, 2.45) is 0 Å². The molecule has 0 saturated heterocycles. The maximum atomic E-state index is 13.3. The Kier molecular flexibility index (Phi) is 5.16. The summed E-state index contributed by atoms with van der Waals surface area (Å²) in [5.41, 5.74) is 1.78. The van der Waals surface area contributed by atoms with Crippen LogP contribution in [-0.4, -0.2) is 30.0 Å². The second-order valence-electron chi connectivity index (χ2n) is 8.32. The van der Waals surface area contributed by atoms with Gasteiger partial charge in [0, 0.05) is 42.8 Å². The van der Waals surface area contributed by atoms with Crippen LogP contribution in [0.2, 0.25) is 0 Å². The molecular formula is C24H24N6O3. The fourth-order valence-corrected chi connectivity index (χ4v) is 4.01. The van der Waals surface area contributed by atoms with Crippen LogP contribution >= 0.6 is 0 Å². The van der Waals surface area contributed by atoms with Crippen LogP contribution in [-0.2, 0) is 13.1 Å². The molecule has 33 heavy (non-hydrogen) atoms. The summed E-state index contributed by atoms with van der Waals surface area (Å²) in [6.07, 6.45) is 5.65. The number of rotatable bonds is 6. The monoisotopic (exact) mass is 444 g/mol. The van der Waals surface area contributed by atoms with Crippen LogP contribution in [0, 0.1) is 6.92 Å². The van der Waals surface area contributed by atoms with Gasteiger partial charge in [-0.1, -0.05) is 12.1 Å². The van der Waals surface area contributed by atoms with Gasteiger partial charge in [-0.3, -0.25) is 19.1 Å². The molecular weight excluding hydrogens is 420 g/mol. The highest BCUT2D eigenvalue weighted by atomic mass is 16.2. The molecule has 4 aromatic rings. The first-order valence-electron chi connectivity index (χ1n) is 11.0. The topological polar surface area (TPSA) is 115 Å². The average molecular weight is 444 g/mol. The first-order chi connectivity index (χ1) is 15.9. The van der Waals surface area contributed by atoms with Crippen LogP contribution in [0.3, 0.4) is 0 Å². The quantitative estimate of drug-likeness (QED) is 0.475. The van der Waals surface area contributed by atoms with Crippen molar-refractivity contribution in [1.82, 2.24) is 24.1 Å². The molecule has 1 amide bonds. The van der Waals surface area contributed by atoms with Gasteiger partial charge in [0.25, 0.3) is 11.5 Å². The van der Waals surface area contributed by atoms with Gasteiger partial charge in [0.1, 0.15) is 5.82 Å². The summed E-state index contributed by atoms with van der Waals surface area (Å²) in [5, 5.41) is 3.02. The Morgan fingerprint density at radius 3 is 2.61 bits per heavy atom. The van der Waals surface area contributed by atoms with Gasteiger partial charge in [0.05, 0.1) is 10.9 Å². The van der Waals surface area contributed by atoms with Crippen LogP contribution < -0.4 is 16.6 Å². The minimum atomic E-state index is -0.606. The normalized spacial score (nSPS) is 13.4. The van der Waals surface area contributed by atoms with Crippen molar-refractivity contribution in [2.75, 3.05) is 5.32 Å². The number of nitrogens with zero attached hydrogens (tertiary/aromatic N) is 4. The number of pyridine rings is 1. The van der Waals surface area contributed by atoms with E-state index >= 15 is 0 Å². The second-order valence-corrected chi connectivity index (χ2v) is 8.32. The number of nitrogens with one attached hydrogen (secondary N) is 2. The number of aryl methyl sites for hydroxylation is 2. The number of hydrogen-bond acceptors (Lipinski definition) is 5. The van der Waals surface area contributed by atoms with E-state index in [4.69, 9.17) is 0 Å². The van der Waals surface area contributed by atoms with E-state index in [1.807, 2.05) is 42.0 Å². The van der Waals surface area contributed by atoms with E-state index in [9.17, 15) is 14.4 Å². The fraction of sp³-hybridized carbons (Fsp3) is 0.292. The second kappa shape index (κ2) is 8.16. The molecule has 9 heteroatoms. The van der Waals surface area contributed by atoms with Gasteiger partial charge in [-0.15, -0.1) is 0 Å². The van der Waals surface area contributed by atoms with Gasteiger partial charge in [0.2, 0.25) is 0 Å². The number of carbonyl (C=O) groups excluding carboxylic acids is 1. The highest BCUT2D eigenvalue weighted by Crippen LogP contribution is 2.40. The van der Waals surface area contributed by atoms with Crippen LogP contribution in [0.25, 0.3) is 11.0 Å². The molecule has 0 unspecified atom stereocenters. The molecule has 1 aliphatic rings. The molecule has 0 radical (unpaired) electrons. The van der Waals surface area contributed by atoms with E-state index in [0.29, 0.717) is 18.8 Å². The minimum absolute atomic E-state index is 0.130. The smallest absolute Gasteiger partial charge is 0.329 e. The predicted octanol–water partition coefficient (Wildman–Crippen LogP) is 2.79. The number of benzene rings is 1. The van der Waals surface area contributed by atoms with Crippen molar-refractivity contribution in [3.8, 4) is 0 Å². The summed E-state index contributed by atoms with van der Waals surface area (Å²) < 4.78 is 3.43. The number of imidazole rings is 1. The van der Waals surface area contributed by atoms with E-state index in [1.165, 1.54) is 4.57 Å². The molecule has 2 N–H and O–H groups in total. The lowest BCUT2D eigenvalue weighted by molar-refractivity contribution is 0.102. The summed E-state index contributed by atoms with van der Waals surface area (Å²) in [6, 6.07) is 9.23. The molecule has 5 rings (SSSR count). The highest BCUT2D eigenvalue weighted by molar-refractivity contribution is 6.11. The van der Waals surface area contributed by atoms with Crippen LogP contribution in [0.15, 0.2) is 52.3 Å². The number of amides is 1. The molecule has 1 saturated carbocycles. The highest BCUT2D eigenvalue weighted by Gasteiger charge is 2.28.